The highest BCUT2D eigenvalue weighted by molar-refractivity contribution is 7.99. The van der Waals surface area contributed by atoms with E-state index in [1.165, 1.54) is 16.1 Å². The first-order valence-corrected chi connectivity index (χ1v) is 9.76. The Morgan fingerprint density at radius 2 is 1.74 bits per heavy atom. The van der Waals surface area contributed by atoms with Crippen molar-refractivity contribution in [1.82, 2.24) is 9.29 Å². The fourth-order valence-electron chi connectivity index (χ4n) is 1.91. The molecule has 0 atom stereocenters. The third kappa shape index (κ3) is 4.34. The Bertz CT molecular complexity index is 754. The topological polar surface area (TPSA) is 50.3 Å². The molecule has 23 heavy (non-hydrogen) atoms. The largest absolute Gasteiger partial charge is 0.249 e. The van der Waals surface area contributed by atoms with Crippen LogP contribution in [-0.4, -0.2) is 30.3 Å². The lowest BCUT2D eigenvalue weighted by atomic mass is 10.1. The van der Waals surface area contributed by atoms with Gasteiger partial charge in [0.05, 0.1) is 0 Å². The molecule has 0 aliphatic heterocycles. The van der Waals surface area contributed by atoms with Gasteiger partial charge in [0.1, 0.15) is 9.92 Å². The van der Waals surface area contributed by atoms with Gasteiger partial charge in [0, 0.05) is 24.5 Å². The lowest BCUT2D eigenvalue weighted by Crippen LogP contribution is -2.42. The van der Waals surface area contributed by atoms with Gasteiger partial charge >= 0.3 is 0 Å². The summed E-state index contributed by atoms with van der Waals surface area (Å²) in [5.41, 5.74) is 0.645. The highest BCUT2D eigenvalue weighted by Crippen LogP contribution is 2.31. The van der Waals surface area contributed by atoms with Gasteiger partial charge in [-0.2, -0.15) is 4.31 Å². The minimum Gasteiger partial charge on any atom is -0.249 e. The van der Waals surface area contributed by atoms with Crippen LogP contribution in [0.25, 0.3) is 0 Å². The third-order valence-corrected chi connectivity index (χ3v) is 6.90. The monoisotopic (exact) mass is 350 g/mol. The first-order chi connectivity index (χ1) is 10.7. The van der Waals surface area contributed by atoms with E-state index in [0.717, 1.165) is 5.56 Å². The number of rotatable bonds is 5. The van der Waals surface area contributed by atoms with Crippen molar-refractivity contribution in [3.05, 3.63) is 54.2 Å². The Morgan fingerprint density at radius 1 is 1.09 bits per heavy atom. The maximum Gasteiger partial charge on any atom is 0.245 e. The zero-order chi connectivity index (χ0) is 17.1. The Kier molecular flexibility index (Phi) is 5.49. The molecule has 0 radical (unpaired) electrons. The summed E-state index contributed by atoms with van der Waals surface area (Å²) in [6, 6.07) is 13.2. The molecule has 6 heteroatoms. The van der Waals surface area contributed by atoms with Gasteiger partial charge in [-0.25, -0.2) is 13.4 Å². The molecule has 0 N–H and O–H groups in total. The fourth-order valence-corrected chi connectivity index (χ4v) is 4.79. The molecule has 0 saturated heterocycles. The molecule has 0 amide bonds. The summed E-state index contributed by atoms with van der Waals surface area (Å²) in [4.78, 5) is 4.54. The number of thioether (sulfide) groups is 1. The number of hydrogen-bond donors (Lipinski definition) is 0. The number of pyridine rings is 1. The summed E-state index contributed by atoms with van der Waals surface area (Å²) in [6.45, 7) is 5.62. The van der Waals surface area contributed by atoms with Gasteiger partial charge in [-0.1, -0.05) is 30.3 Å². The van der Waals surface area contributed by atoms with Crippen LogP contribution >= 0.6 is 11.8 Å². The molecule has 0 aliphatic rings. The molecule has 1 aromatic carbocycles. The lowest BCUT2D eigenvalue weighted by Gasteiger charge is -2.31. The van der Waals surface area contributed by atoms with Crippen LogP contribution in [0.5, 0.6) is 0 Å². The second-order valence-corrected chi connectivity index (χ2v) is 9.13. The number of benzene rings is 1. The zero-order valence-corrected chi connectivity index (χ0v) is 15.5. The van der Waals surface area contributed by atoms with Crippen LogP contribution in [0, 0.1) is 0 Å². The molecule has 1 aromatic heterocycles. The van der Waals surface area contributed by atoms with Gasteiger partial charge in [-0.05, 0) is 38.5 Å². The van der Waals surface area contributed by atoms with Crippen LogP contribution in [0.4, 0.5) is 0 Å². The first-order valence-electron chi connectivity index (χ1n) is 7.34. The molecule has 2 aromatic rings. The minimum atomic E-state index is -3.58. The van der Waals surface area contributed by atoms with Crippen molar-refractivity contribution < 1.29 is 8.42 Å². The van der Waals surface area contributed by atoms with E-state index in [1.54, 1.807) is 25.4 Å². The summed E-state index contributed by atoms with van der Waals surface area (Å²) in [6.07, 6.45) is 1.63. The van der Waals surface area contributed by atoms with Crippen LogP contribution in [0.2, 0.25) is 0 Å². The van der Waals surface area contributed by atoms with Crippen LogP contribution in [0.1, 0.15) is 26.3 Å². The molecule has 1 heterocycles. The molecule has 0 fully saturated rings. The highest BCUT2D eigenvalue weighted by Gasteiger charge is 2.32. The van der Waals surface area contributed by atoms with Crippen LogP contribution in [0.3, 0.4) is 0 Å². The van der Waals surface area contributed by atoms with E-state index in [2.05, 4.69) is 4.98 Å². The average molecular weight is 351 g/mol. The molecule has 0 saturated carbocycles. The summed E-state index contributed by atoms with van der Waals surface area (Å²) in [7, 11) is -1.98. The quantitative estimate of drug-likeness (QED) is 0.770. The molecule has 0 bridgehead atoms. The Hall–Kier alpha value is -1.37. The van der Waals surface area contributed by atoms with Crippen LogP contribution in [0.15, 0.2) is 58.6 Å². The molecule has 0 aliphatic carbocycles. The van der Waals surface area contributed by atoms with E-state index >= 15 is 0 Å². The molecule has 0 spiro atoms. The Balaban J connectivity index is 2.30. The summed E-state index contributed by atoms with van der Waals surface area (Å²) in [5.74, 6) is 0.680. The van der Waals surface area contributed by atoms with E-state index in [1.807, 2.05) is 51.1 Å². The summed E-state index contributed by atoms with van der Waals surface area (Å²) >= 11 is 1.44. The SMILES string of the molecule is CN(C(C)(C)C)S(=O)(=O)c1cccnc1SCc1ccccc1. The van der Waals surface area contributed by atoms with Crippen molar-refractivity contribution in [3.8, 4) is 0 Å². The van der Waals surface area contributed by atoms with Gasteiger partial charge in [0.15, 0.2) is 0 Å². The van der Waals surface area contributed by atoms with E-state index in [9.17, 15) is 8.42 Å². The van der Waals surface area contributed by atoms with E-state index in [0.29, 0.717) is 10.8 Å². The number of sulfonamides is 1. The maximum absolute atomic E-state index is 12.9. The van der Waals surface area contributed by atoms with Crippen molar-refractivity contribution in [3.63, 3.8) is 0 Å². The normalized spacial score (nSPS) is 12.6. The summed E-state index contributed by atoms with van der Waals surface area (Å²) < 4.78 is 27.2. The van der Waals surface area contributed by atoms with E-state index in [4.69, 9.17) is 0 Å². The minimum absolute atomic E-state index is 0.262. The van der Waals surface area contributed by atoms with Gasteiger partial charge in [-0.3, -0.25) is 0 Å². The Morgan fingerprint density at radius 3 is 2.35 bits per heavy atom. The van der Waals surface area contributed by atoms with Gasteiger partial charge in [-0.15, -0.1) is 11.8 Å². The van der Waals surface area contributed by atoms with Crippen molar-refractivity contribution in [2.24, 2.45) is 0 Å². The van der Waals surface area contributed by atoms with Crippen molar-refractivity contribution >= 4 is 21.8 Å². The molecule has 4 nitrogen and oxygen atoms in total. The molecular weight excluding hydrogens is 328 g/mol. The molecule has 0 unspecified atom stereocenters. The highest BCUT2D eigenvalue weighted by atomic mass is 32.2. The van der Waals surface area contributed by atoms with E-state index in [-0.39, 0.29) is 4.90 Å². The first kappa shape index (κ1) is 18.0. The number of nitrogens with zero attached hydrogens (tertiary/aromatic N) is 2. The van der Waals surface area contributed by atoms with Crippen molar-refractivity contribution in [2.75, 3.05) is 7.05 Å². The molecule has 2 rings (SSSR count). The van der Waals surface area contributed by atoms with Crippen LogP contribution in [-0.2, 0) is 15.8 Å². The standard InChI is InChI=1S/C17H22N2O2S2/c1-17(2,3)19(4)23(20,21)15-11-8-12-18-16(15)22-13-14-9-6-5-7-10-14/h5-12H,13H2,1-4H3. The maximum atomic E-state index is 12.9. The molecular formula is C17H22N2O2S2. The molecule has 124 valence electrons. The third-order valence-electron chi connectivity index (χ3n) is 3.54. The summed E-state index contributed by atoms with van der Waals surface area (Å²) in [5, 5.41) is 0.535. The predicted octanol–water partition coefficient (Wildman–Crippen LogP) is 3.79. The second-order valence-electron chi connectivity index (χ2n) is 6.22. The van der Waals surface area contributed by atoms with Crippen molar-refractivity contribution in [2.45, 2.75) is 42.0 Å². The number of hydrogen-bond acceptors (Lipinski definition) is 4. The van der Waals surface area contributed by atoms with E-state index < -0.39 is 15.6 Å². The van der Waals surface area contributed by atoms with Gasteiger partial charge in [0.25, 0.3) is 0 Å². The smallest absolute Gasteiger partial charge is 0.245 e. The lowest BCUT2D eigenvalue weighted by molar-refractivity contribution is 0.291. The van der Waals surface area contributed by atoms with Gasteiger partial charge < -0.3 is 0 Å². The number of aromatic nitrogens is 1. The second kappa shape index (κ2) is 7.03. The fraction of sp³-hybridized carbons (Fsp3) is 0.353. The van der Waals surface area contributed by atoms with Crippen LogP contribution < -0.4 is 0 Å². The van der Waals surface area contributed by atoms with Crippen molar-refractivity contribution in [1.29, 1.82) is 0 Å². The Labute approximate surface area is 143 Å². The van der Waals surface area contributed by atoms with Gasteiger partial charge in [0.2, 0.25) is 10.0 Å². The predicted molar refractivity (Wildman–Crippen MR) is 94.9 cm³/mol. The average Bonchev–Trinajstić information content (AvgIpc) is 2.52. The zero-order valence-electron chi connectivity index (χ0n) is 13.9.